The van der Waals surface area contributed by atoms with Gasteiger partial charge in [-0.15, -0.1) is 0 Å². The lowest BCUT2D eigenvalue weighted by Gasteiger charge is -2.40. The topological polar surface area (TPSA) is 77.2 Å². The molecule has 1 saturated heterocycles. The van der Waals surface area contributed by atoms with Gasteiger partial charge in [-0.1, -0.05) is 23.8 Å². The minimum absolute atomic E-state index is 0.149. The van der Waals surface area contributed by atoms with Crippen molar-refractivity contribution >= 4 is 18.5 Å². The first-order valence-corrected chi connectivity index (χ1v) is 9.34. The van der Waals surface area contributed by atoms with Crippen molar-refractivity contribution in [1.82, 2.24) is 5.32 Å². The van der Waals surface area contributed by atoms with Crippen LogP contribution in [-0.4, -0.2) is 43.8 Å². The highest BCUT2D eigenvalue weighted by Crippen LogP contribution is 2.37. The van der Waals surface area contributed by atoms with Crippen LogP contribution in [0.3, 0.4) is 0 Å². The van der Waals surface area contributed by atoms with Crippen molar-refractivity contribution in [3.05, 3.63) is 40.6 Å². The molecule has 27 heavy (non-hydrogen) atoms. The Morgan fingerprint density at radius 3 is 2.59 bits per heavy atom. The number of esters is 1. The third kappa shape index (κ3) is 4.57. The SMILES string of the molecule is COC1CCC(NC=O)(/C(=C/c2cc(C)ccc2C)OC(=O)C2CO2)CC1. The molecule has 0 spiro atoms. The largest absolute Gasteiger partial charge is 0.427 e. The third-order valence-corrected chi connectivity index (χ3v) is 5.45. The van der Waals surface area contributed by atoms with Gasteiger partial charge in [-0.3, -0.25) is 4.79 Å². The third-order valence-electron chi connectivity index (χ3n) is 5.45. The number of aryl methyl sites for hydroxylation is 2. The summed E-state index contributed by atoms with van der Waals surface area (Å²) in [7, 11) is 1.70. The number of nitrogens with one attached hydrogen (secondary N) is 1. The van der Waals surface area contributed by atoms with Crippen molar-refractivity contribution < 1.29 is 23.8 Å². The van der Waals surface area contributed by atoms with E-state index < -0.39 is 17.6 Å². The Morgan fingerprint density at radius 1 is 1.30 bits per heavy atom. The standard InChI is InChI=1S/C21H27NO5/c1-14-4-5-15(2)16(10-14)11-19(27-20(24)18-12-26-18)21(22-13-23)8-6-17(25-3)7-9-21/h4-5,10-11,13,17-18H,6-9,12H2,1-3H3,(H,22,23)/b19-11-. The zero-order chi connectivity index (χ0) is 19.4. The van der Waals surface area contributed by atoms with E-state index in [2.05, 4.69) is 5.32 Å². The maximum absolute atomic E-state index is 12.3. The molecule has 146 valence electrons. The molecule has 1 atom stereocenters. The Balaban J connectivity index is 1.98. The number of methoxy groups -OCH3 is 1. The quantitative estimate of drug-likeness (QED) is 0.344. The van der Waals surface area contributed by atoms with Gasteiger partial charge in [0.1, 0.15) is 5.76 Å². The maximum atomic E-state index is 12.3. The molecule has 1 saturated carbocycles. The summed E-state index contributed by atoms with van der Waals surface area (Å²) in [6.07, 6.45) is 5.04. The summed E-state index contributed by atoms with van der Waals surface area (Å²) < 4.78 is 16.3. The van der Waals surface area contributed by atoms with E-state index in [0.29, 0.717) is 31.6 Å². The summed E-state index contributed by atoms with van der Waals surface area (Å²) >= 11 is 0. The Kier molecular flexibility index (Phi) is 5.97. The van der Waals surface area contributed by atoms with E-state index in [1.54, 1.807) is 7.11 Å². The second-order valence-corrected chi connectivity index (χ2v) is 7.39. The van der Waals surface area contributed by atoms with Crippen LogP contribution in [0.15, 0.2) is 24.0 Å². The summed E-state index contributed by atoms with van der Waals surface area (Å²) in [5.74, 6) is 0.0610. The number of carbonyl (C=O) groups excluding carboxylic acids is 2. The van der Waals surface area contributed by atoms with Crippen LogP contribution in [0.1, 0.15) is 42.4 Å². The average Bonchev–Trinajstić information content (AvgIpc) is 3.50. The normalized spacial score (nSPS) is 27.7. The Bertz CT molecular complexity index is 730. The zero-order valence-electron chi connectivity index (χ0n) is 16.1. The highest BCUT2D eigenvalue weighted by atomic mass is 16.6. The van der Waals surface area contributed by atoms with Crippen LogP contribution < -0.4 is 5.32 Å². The number of rotatable bonds is 7. The minimum Gasteiger partial charge on any atom is -0.427 e. The number of hydrogen-bond donors (Lipinski definition) is 1. The second kappa shape index (κ2) is 8.23. The lowest BCUT2D eigenvalue weighted by atomic mass is 9.78. The van der Waals surface area contributed by atoms with Crippen LogP contribution in [0.5, 0.6) is 0 Å². The van der Waals surface area contributed by atoms with Crippen LogP contribution in [0, 0.1) is 13.8 Å². The van der Waals surface area contributed by atoms with Crippen molar-refractivity contribution in [2.45, 2.75) is 57.3 Å². The fourth-order valence-corrected chi connectivity index (χ4v) is 3.57. The van der Waals surface area contributed by atoms with Gasteiger partial charge in [0.25, 0.3) is 0 Å². The van der Waals surface area contributed by atoms with Crippen LogP contribution >= 0.6 is 0 Å². The van der Waals surface area contributed by atoms with Gasteiger partial charge in [-0.25, -0.2) is 4.79 Å². The fraction of sp³-hybridized carbons (Fsp3) is 0.524. The summed E-state index contributed by atoms with van der Waals surface area (Å²) in [6, 6.07) is 6.12. The molecule has 1 aromatic carbocycles. The Hall–Kier alpha value is -2.18. The highest BCUT2D eigenvalue weighted by molar-refractivity contribution is 5.79. The molecule has 0 aromatic heterocycles. The second-order valence-electron chi connectivity index (χ2n) is 7.39. The maximum Gasteiger partial charge on any atom is 0.342 e. The van der Waals surface area contributed by atoms with Crippen LogP contribution in [0.4, 0.5) is 0 Å². The van der Waals surface area contributed by atoms with E-state index in [1.807, 2.05) is 38.1 Å². The molecule has 0 radical (unpaired) electrons. The molecule has 1 aliphatic carbocycles. The molecule has 6 heteroatoms. The highest BCUT2D eigenvalue weighted by Gasteiger charge is 2.43. The van der Waals surface area contributed by atoms with Crippen molar-refractivity contribution in [1.29, 1.82) is 0 Å². The minimum atomic E-state index is -0.725. The number of benzene rings is 1. The van der Waals surface area contributed by atoms with E-state index in [-0.39, 0.29) is 6.10 Å². The monoisotopic (exact) mass is 373 g/mol. The van der Waals surface area contributed by atoms with Crippen molar-refractivity contribution in [2.24, 2.45) is 0 Å². The first kappa shape index (κ1) is 19.6. The molecule has 0 bridgehead atoms. The van der Waals surface area contributed by atoms with Gasteiger partial charge < -0.3 is 19.5 Å². The zero-order valence-corrected chi connectivity index (χ0v) is 16.1. The number of carbonyl (C=O) groups is 2. The smallest absolute Gasteiger partial charge is 0.342 e. The molecule has 1 amide bonds. The molecule has 1 N–H and O–H groups in total. The van der Waals surface area contributed by atoms with Gasteiger partial charge in [0, 0.05) is 7.11 Å². The van der Waals surface area contributed by atoms with E-state index in [1.165, 1.54) is 0 Å². The van der Waals surface area contributed by atoms with E-state index >= 15 is 0 Å². The molecule has 2 fully saturated rings. The number of epoxide rings is 1. The summed E-state index contributed by atoms with van der Waals surface area (Å²) in [4.78, 5) is 23.7. The lowest BCUT2D eigenvalue weighted by Crippen LogP contribution is -2.51. The first-order valence-electron chi connectivity index (χ1n) is 9.34. The molecule has 1 heterocycles. The van der Waals surface area contributed by atoms with E-state index in [4.69, 9.17) is 14.2 Å². The Labute approximate surface area is 159 Å². The molecular weight excluding hydrogens is 346 g/mol. The van der Waals surface area contributed by atoms with Crippen molar-refractivity contribution in [3.8, 4) is 0 Å². The van der Waals surface area contributed by atoms with Crippen molar-refractivity contribution in [2.75, 3.05) is 13.7 Å². The number of ether oxygens (including phenoxy) is 3. The average molecular weight is 373 g/mol. The molecule has 3 rings (SSSR count). The number of amides is 1. The Morgan fingerprint density at radius 2 is 2.00 bits per heavy atom. The fourth-order valence-electron chi connectivity index (χ4n) is 3.57. The molecule has 1 unspecified atom stereocenters. The van der Waals surface area contributed by atoms with Crippen LogP contribution in [0.25, 0.3) is 6.08 Å². The van der Waals surface area contributed by atoms with Gasteiger partial charge in [0.2, 0.25) is 6.41 Å². The van der Waals surface area contributed by atoms with Gasteiger partial charge in [0.15, 0.2) is 6.10 Å². The first-order chi connectivity index (χ1) is 13.0. The molecular formula is C21H27NO5. The van der Waals surface area contributed by atoms with E-state index in [0.717, 1.165) is 29.5 Å². The summed E-state index contributed by atoms with van der Waals surface area (Å²) in [6.45, 7) is 4.41. The predicted molar refractivity (Wildman–Crippen MR) is 101 cm³/mol. The molecule has 1 aromatic rings. The van der Waals surface area contributed by atoms with Gasteiger partial charge >= 0.3 is 5.97 Å². The van der Waals surface area contributed by atoms with Crippen LogP contribution in [-0.2, 0) is 23.8 Å². The van der Waals surface area contributed by atoms with Gasteiger partial charge in [0.05, 0.1) is 18.2 Å². The summed E-state index contributed by atoms with van der Waals surface area (Å²) in [5.41, 5.74) is 2.43. The van der Waals surface area contributed by atoms with Crippen LogP contribution in [0.2, 0.25) is 0 Å². The van der Waals surface area contributed by atoms with Gasteiger partial charge in [-0.2, -0.15) is 0 Å². The molecule has 6 nitrogen and oxygen atoms in total. The lowest BCUT2D eigenvalue weighted by molar-refractivity contribution is -0.143. The molecule has 2 aliphatic rings. The predicted octanol–water partition coefficient (Wildman–Crippen LogP) is 2.66. The number of hydrogen-bond acceptors (Lipinski definition) is 5. The van der Waals surface area contributed by atoms with Gasteiger partial charge in [-0.05, 0) is 56.7 Å². The van der Waals surface area contributed by atoms with E-state index in [9.17, 15) is 9.59 Å². The van der Waals surface area contributed by atoms with Crippen molar-refractivity contribution in [3.63, 3.8) is 0 Å². The molecule has 1 aliphatic heterocycles. The summed E-state index contributed by atoms with van der Waals surface area (Å²) in [5, 5.41) is 2.94.